The van der Waals surface area contributed by atoms with Crippen molar-refractivity contribution in [3.05, 3.63) is 53.6 Å². The lowest BCUT2D eigenvalue weighted by Gasteiger charge is -2.19. The molecule has 0 amide bonds. The number of methoxy groups -OCH3 is 2. The number of ether oxygens (including phenoxy) is 2. The molecule has 0 atom stereocenters. The van der Waals surface area contributed by atoms with E-state index in [0.717, 1.165) is 17.5 Å². The van der Waals surface area contributed by atoms with Crippen molar-refractivity contribution < 1.29 is 17.9 Å². The summed E-state index contributed by atoms with van der Waals surface area (Å²) >= 11 is 0. The molecule has 0 N–H and O–H groups in total. The van der Waals surface area contributed by atoms with Gasteiger partial charge in [-0.3, -0.25) is 4.99 Å². The summed E-state index contributed by atoms with van der Waals surface area (Å²) in [7, 11) is -0.295. The van der Waals surface area contributed by atoms with Gasteiger partial charge in [-0.2, -0.15) is 0 Å². The average molecular weight is 345 g/mol. The molecule has 0 aliphatic carbocycles. The molecule has 0 aromatic heterocycles. The Morgan fingerprint density at radius 1 is 1.04 bits per heavy atom. The van der Waals surface area contributed by atoms with E-state index in [1.165, 1.54) is 0 Å². The Labute approximate surface area is 141 Å². The maximum atomic E-state index is 12.7. The van der Waals surface area contributed by atoms with Crippen LogP contribution in [-0.2, 0) is 16.3 Å². The van der Waals surface area contributed by atoms with Crippen molar-refractivity contribution >= 4 is 15.5 Å². The zero-order valence-corrected chi connectivity index (χ0v) is 14.5. The molecular weight excluding hydrogens is 326 g/mol. The standard InChI is InChI=1S/C18H19NO4S/c1-22-17-10-13-8-9-19-16(15(13)11-18(17)23-2)12-24(20,21)14-6-4-3-5-7-14/h3-7,10-11H,8-9,12H2,1-2H3. The highest BCUT2D eigenvalue weighted by atomic mass is 32.2. The normalized spacial score (nSPS) is 13.8. The van der Waals surface area contributed by atoms with Crippen LogP contribution < -0.4 is 9.47 Å². The maximum Gasteiger partial charge on any atom is 0.184 e. The molecule has 0 spiro atoms. The van der Waals surface area contributed by atoms with Crippen molar-refractivity contribution in [2.75, 3.05) is 26.5 Å². The summed E-state index contributed by atoms with van der Waals surface area (Å²) in [4.78, 5) is 4.76. The van der Waals surface area contributed by atoms with Crippen LogP contribution in [0.25, 0.3) is 0 Å². The van der Waals surface area contributed by atoms with Gasteiger partial charge in [0.15, 0.2) is 21.3 Å². The number of nitrogens with zero attached hydrogens (tertiary/aromatic N) is 1. The van der Waals surface area contributed by atoms with Gasteiger partial charge < -0.3 is 9.47 Å². The molecule has 6 heteroatoms. The Balaban J connectivity index is 1.99. The third-order valence-electron chi connectivity index (χ3n) is 4.03. The largest absolute Gasteiger partial charge is 0.493 e. The molecule has 1 heterocycles. The molecule has 24 heavy (non-hydrogen) atoms. The molecule has 2 aromatic rings. The second-order valence-corrected chi connectivity index (χ2v) is 7.50. The van der Waals surface area contributed by atoms with Crippen molar-refractivity contribution in [3.63, 3.8) is 0 Å². The van der Waals surface area contributed by atoms with Crippen molar-refractivity contribution in [1.29, 1.82) is 0 Å². The number of benzene rings is 2. The van der Waals surface area contributed by atoms with Crippen molar-refractivity contribution in [2.24, 2.45) is 4.99 Å². The third-order valence-corrected chi connectivity index (χ3v) is 5.68. The van der Waals surface area contributed by atoms with Crippen LogP contribution in [0.1, 0.15) is 11.1 Å². The zero-order valence-electron chi connectivity index (χ0n) is 13.7. The van der Waals surface area contributed by atoms with Gasteiger partial charge in [0.05, 0.1) is 30.6 Å². The Kier molecular flexibility index (Phi) is 4.57. The number of rotatable bonds is 5. The Morgan fingerprint density at radius 3 is 2.38 bits per heavy atom. The lowest BCUT2D eigenvalue weighted by Crippen LogP contribution is -2.22. The lowest BCUT2D eigenvalue weighted by molar-refractivity contribution is 0.354. The van der Waals surface area contributed by atoms with Gasteiger partial charge >= 0.3 is 0 Å². The van der Waals surface area contributed by atoms with E-state index in [9.17, 15) is 8.42 Å². The first-order valence-corrected chi connectivity index (χ1v) is 9.27. The van der Waals surface area contributed by atoms with Gasteiger partial charge in [0, 0.05) is 12.1 Å². The van der Waals surface area contributed by atoms with Gasteiger partial charge in [0.2, 0.25) is 0 Å². The maximum absolute atomic E-state index is 12.7. The summed E-state index contributed by atoms with van der Waals surface area (Å²) in [5.74, 6) is 1.09. The molecular formula is C18H19NO4S. The van der Waals surface area contributed by atoms with Crippen molar-refractivity contribution in [1.82, 2.24) is 0 Å². The topological polar surface area (TPSA) is 65.0 Å². The molecule has 3 rings (SSSR count). The fourth-order valence-corrected chi connectivity index (χ4v) is 4.15. The molecule has 2 aromatic carbocycles. The van der Waals surface area contributed by atoms with Crippen LogP contribution in [0.3, 0.4) is 0 Å². The van der Waals surface area contributed by atoms with Crippen LogP contribution in [0.2, 0.25) is 0 Å². The minimum Gasteiger partial charge on any atom is -0.493 e. The molecule has 1 aliphatic heterocycles. The third kappa shape index (κ3) is 3.14. The number of hydrogen-bond acceptors (Lipinski definition) is 5. The molecule has 0 unspecified atom stereocenters. The van der Waals surface area contributed by atoms with E-state index in [1.807, 2.05) is 12.1 Å². The predicted molar refractivity (Wildman–Crippen MR) is 93.1 cm³/mol. The summed E-state index contributed by atoms with van der Waals surface area (Å²) in [5, 5.41) is 0. The van der Waals surface area contributed by atoms with Crippen LogP contribution in [0.4, 0.5) is 0 Å². The second-order valence-electron chi connectivity index (χ2n) is 5.51. The van der Waals surface area contributed by atoms with Gasteiger partial charge in [-0.1, -0.05) is 18.2 Å². The zero-order chi connectivity index (χ0) is 17.2. The minimum absolute atomic E-state index is 0.125. The van der Waals surface area contributed by atoms with Crippen LogP contribution >= 0.6 is 0 Å². The molecule has 0 saturated carbocycles. The number of sulfone groups is 1. The quantitative estimate of drug-likeness (QED) is 0.835. The molecule has 126 valence electrons. The number of fused-ring (bicyclic) bond motifs is 1. The van der Waals surface area contributed by atoms with E-state index in [-0.39, 0.29) is 5.75 Å². The van der Waals surface area contributed by atoms with E-state index in [4.69, 9.17) is 9.47 Å². The SMILES string of the molecule is COc1cc2c(cc1OC)C(CS(=O)(=O)c1ccccc1)=NCC2. The Bertz CT molecular complexity index is 873. The first-order chi connectivity index (χ1) is 11.5. The first kappa shape index (κ1) is 16.5. The van der Waals surface area contributed by atoms with Gasteiger partial charge in [-0.05, 0) is 36.2 Å². The van der Waals surface area contributed by atoms with Crippen LogP contribution in [0.15, 0.2) is 52.4 Å². The predicted octanol–water partition coefficient (Wildman–Crippen LogP) is 2.52. The highest BCUT2D eigenvalue weighted by molar-refractivity contribution is 7.92. The molecule has 1 aliphatic rings. The van der Waals surface area contributed by atoms with Crippen LogP contribution in [-0.4, -0.2) is 40.6 Å². The smallest absolute Gasteiger partial charge is 0.184 e. The lowest BCUT2D eigenvalue weighted by atomic mass is 9.97. The van der Waals surface area contributed by atoms with E-state index >= 15 is 0 Å². The molecule has 0 fully saturated rings. The summed E-state index contributed by atoms with van der Waals surface area (Å²) < 4.78 is 36.0. The van der Waals surface area contributed by atoms with Crippen LogP contribution in [0, 0.1) is 0 Å². The summed E-state index contributed by atoms with van der Waals surface area (Å²) in [6, 6.07) is 12.2. The fourth-order valence-electron chi connectivity index (χ4n) is 2.81. The molecule has 5 nitrogen and oxygen atoms in total. The van der Waals surface area contributed by atoms with Gasteiger partial charge in [0.25, 0.3) is 0 Å². The van der Waals surface area contributed by atoms with Crippen molar-refractivity contribution in [2.45, 2.75) is 11.3 Å². The summed E-state index contributed by atoms with van der Waals surface area (Å²) in [6.07, 6.45) is 0.755. The molecule has 0 saturated heterocycles. The second kappa shape index (κ2) is 6.65. The summed E-state index contributed by atoms with van der Waals surface area (Å²) in [6.45, 7) is 0.572. The van der Waals surface area contributed by atoms with E-state index in [1.54, 1.807) is 44.6 Å². The van der Waals surface area contributed by atoms with Crippen LogP contribution in [0.5, 0.6) is 11.5 Å². The Hall–Kier alpha value is -2.34. The van der Waals surface area contributed by atoms with Crippen molar-refractivity contribution in [3.8, 4) is 11.5 Å². The Morgan fingerprint density at radius 2 is 1.71 bits per heavy atom. The summed E-state index contributed by atoms with van der Waals surface area (Å²) in [5.41, 5.74) is 2.42. The highest BCUT2D eigenvalue weighted by Crippen LogP contribution is 2.33. The van der Waals surface area contributed by atoms with E-state index < -0.39 is 9.84 Å². The monoisotopic (exact) mass is 345 g/mol. The van der Waals surface area contributed by atoms with Gasteiger partial charge in [0.1, 0.15) is 0 Å². The first-order valence-electron chi connectivity index (χ1n) is 7.61. The van der Waals surface area contributed by atoms with E-state index in [2.05, 4.69) is 4.99 Å². The highest BCUT2D eigenvalue weighted by Gasteiger charge is 2.24. The minimum atomic E-state index is -3.44. The van der Waals surface area contributed by atoms with E-state index in [0.29, 0.717) is 28.7 Å². The van der Waals surface area contributed by atoms with Gasteiger partial charge in [-0.15, -0.1) is 0 Å². The number of aliphatic imine (C=N–C) groups is 1. The number of hydrogen-bond donors (Lipinski definition) is 0. The average Bonchev–Trinajstić information content (AvgIpc) is 2.61. The molecule has 0 bridgehead atoms. The van der Waals surface area contributed by atoms with Gasteiger partial charge in [-0.25, -0.2) is 8.42 Å². The molecule has 0 radical (unpaired) electrons. The fraction of sp³-hybridized carbons (Fsp3) is 0.278.